The molecule has 1 N–H and O–H groups in total. The molecule has 0 amide bonds. The molecular formula is C9H9ClO2. The maximum atomic E-state index is 8.76. The average Bonchev–Trinajstić information content (AvgIpc) is 2.84. The molecule has 64 valence electrons. The third kappa shape index (κ3) is 1.33. The molecular weight excluding hydrogens is 176 g/mol. The Kier molecular flexibility index (Phi) is 2.05. The Balaban J connectivity index is 2.19. The van der Waals surface area contributed by atoms with Crippen molar-refractivity contribution in [3.63, 3.8) is 0 Å². The van der Waals surface area contributed by atoms with Crippen molar-refractivity contribution in [1.82, 2.24) is 0 Å². The fraction of sp³-hybridized carbons (Fsp3) is 0.333. The smallest absolute Gasteiger partial charge is 0.113 e. The second-order valence-corrected chi connectivity index (χ2v) is 3.21. The summed E-state index contributed by atoms with van der Waals surface area (Å²) in [5, 5.41) is 9.47. The molecule has 0 spiro atoms. The summed E-state index contributed by atoms with van der Waals surface area (Å²) in [5.74, 6) is 0. The van der Waals surface area contributed by atoms with E-state index in [1.165, 1.54) is 0 Å². The van der Waals surface area contributed by atoms with Gasteiger partial charge in [0.1, 0.15) is 12.2 Å². The van der Waals surface area contributed by atoms with Crippen LogP contribution in [0.3, 0.4) is 0 Å². The predicted octanol–water partition coefficient (Wildman–Crippen LogP) is 1.77. The minimum Gasteiger partial charge on any atom is -0.394 e. The standard InChI is InChI=1S/C9H9ClO2/c10-7-4-2-1-3-6(7)9-8(5-11)12-9/h1-4,8-9,11H,5H2. The Morgan fingerprint density at radius 2 is 2.17 bits per heavy atom. The molecule has 1 aliphatic heterocycles. The van der Waals surface area contributed by atoms with Gasteiger partial charge in [-0.2, -0.15) is 0 Å². The summed E-state index contributed by atoms with van der Waals surface area (Å²) in [6.07, 6.45) is -0.0476. The van der Waals surface area contributed by atoms with E-state index >= 15 is 0 Å². The lowest BCUT2D eigenvalue weighted by atomic mass is 10.1. The van der Waals surface area contributed by atoms with E-state index in [-0.39, 0.29) is 18.8 Å². The van der Waals surface area contributed by atoms with Gasteiger partial charge in [-0.15, -0.1) is 0 Å². The SMILES string of the molecule is OCC1OC1c1ccccc1Cl. The highest BCUT2D eigenvalue weighted by Gasteiger charge is 2.40. The van der Waals surface area contributed by atoms with Crippen LogP contribution < -0.4 is 0 Å². The predicted molar refractivity (Wildman–Crippen MR) is 46.2 cm³/mol. The Bertz CT molecular complexity index is 288. The molecule has 2 rings (SSSR count). The molecule has 0 radical (unpaired) electrons. The fourth-order valence-corrected chi connectivity index (χ4v) is 1.50. The number of rotatable bonds is 2. The first-order valence-corrected chi connectivity index (χ1v) is 4.21. The van der Waals surface area contributed by atoms with Crippen molar-refractivity contribution in [3.05, 3.63) is 34.9 Å². The minimum atomic E-state index is -0.0510. The molecule has 1 heterocycles. The van der Waals surface area contributed by atoms with Gasteiger partial charge in [-0.25, -0.2) is 0 Å². The number of hydrogen-bond acceptors (Lipinski definition) is 2. The van der Waals surface area contributed by atoms with Gasteiger partial charge in [-0.05, 0) is 6.07 Å². The van der Waals surface area contributed by atoms with Crippen molar-refractivity contribution in [2.24, 2.45) is 0 Å². The normalized spacial score (nSPS) is 27.2. The first-order chi connectivity index (χ1) is 5.83. The van der Waals surface area contributed by atoms with E-state index in [2.05, 4.69) is 0 Å². The van der Waals surface area contributed by atoms with Crippen LogP contribution >= 0.6 is 11.6 Å². The molecule has 12 heavy (non-hydrogen) atoms. The molecule has 1 aromatic carbocycles. The Labute approximate surface area is 75.7 Å². The summed E-state index contributed by atoms with van der Waals surface area (Å²) >= 11 is 5.92. The van der Waals surface area contributed by atoms with Crippen LogP contribution in [-0.2, 0) is 4.74 Å². The summed E-state index contributed by atoms with van der Waals surface area (Å²) in [5.41, 5.74) is 0.971. The second kappa shape index (κ2) is 3.05. The van der Waals surface area contributed by atoms with Crippen LogP contribution in [0.2, 0.25) is 5.02 Å². The van der Waals surface area contributed by atoms with Gasteiger partial charge >= 0.3 is 0 Å². The van der Waals surface area contributed by atoms with Gasteiger partial charge in [-0.3, -0.25) is 0 Å². The summed E-state index contributed by atoms with van der Waals surface area (Å²) in [7, 11) is 0. The number of hydrogen-bond donors (Lipinski definition) is 1. The van der Waals surface area contributed by atoms with Crippen LogP contribution in [0.5, 0.6) is 0 Å². The van der Waals surface area contributed by atoms with E-state index in [9.17, 15) is 0 Å². The second-order valence-electron chi connectivity index (χ2n) is 2.80. The zero-order valence-corrected chi connectivity index (χ0v) is 7.16. The van der Waals surface area contributed by atoms with E-state index < -0.39 is 0 Å². The van der Waals surface area contributed by atoms with Crippen LogP contribution in [0.4, 0.5) is 0 Å². The van der Waals surface area contributed by atoms with Crippen LogP contribution in [0.25, 0.3) is 0 Å². The minimum absolute atomic E-state index is 0.00343. The van der Waals surface area contributed by atoms with Gasteiger partial charge in [-0.1, -0.05) is 29.8 Å². The highest BCUT2D eigenvalue weighted by molar-refractivity contribution is 6.31. The van der Waals surface area contributed by atoms with Gasteiger partial charge in [0.15, 0.2) is 0 Å². The Morgan fingerprint density at radius 3 is 2.75 bits per heavy atom. The van der Waals surface area contributed by atoms with Gasteiger partial charge in [0.25, 0.3) is 0 Å². The molecule has 0 aromatic heterocycles. The largest absolute Gasteiger partial charge is 0.394 e. The van der Waals surface area contributed by atoms with Crippen molar-refractivity contribution < 1.29 is 9.84 Å². The van der Waals surface area contributed by atoms with Crippen LogP contribution in [0.15, 0.2) is 24.3 Å². The molecule has 1 fully saturated rings. The fourth-order valence-electron chi connectivity index (χ4n) is 1.26. The molecule has 0 bridgehead atoms. The number of halogens is 1. The van der Waals surface area contributed by atoms with Crippen molar-refractivity contribution in [2.45, 2.75) is 12.2 Å². The maximum absolute atomic E-state index is 8.76. The summed E-state index contributed by atoms with van der Waals surface area (Å²) < 4.78 is 5.20. The number of ether oxygens (including phenoxy) is 1. The summed E-state index contributed by atoms with van der Waals surface area (Å²) in [4.78, 5) is 0. The van der Waals surface area contributed by atoms with Crippen LogP contribution in [0.1, 0.15) is 11.7 Å². The van der Waals surface area contributed by atoms with Gasteiger partial charge in [0, 0.05) is 10.6 Å². The maximum Gasteiger partial charge on any atom is 0.113 e. The number of aliphatic hydroxyl groups is 1. The van der Waals surface area contributed by atoms with Crippen LogP contribution in [0, 0.1) is 0 Å². The number of aliphatic hydroxyl groups excluding tert-OH is 1. The molecule has 0 aliphatic carbocycles. The lowest BCUT2D eigenvalue weighted by Crippen LogP contribution is -1.94. The zero-order valence-electron chi connectivity index (χ0n) is 6.40. The molecule has 1 saturated heterocycles. The third-order valence-corrected chi connectivity index (χ3v) is 2.32. The topological polar surface area (TPSA) is 32.8 Å². The van der Waals surface area contributed by atoms with Crippen molar-refractivity contribution in [2.75, 3.05) is 6.61 Å². The summed E-state index contributed by atoms with van der Waals surface area (Å²) in [6, 6.07) is 7.54. The molecule has 0 saturated carbocycles. The van der Waals surface area contributed by atoms with E-state index in [4.69, 9.17) is 21.4 Å². The number of benzene rings is 1. The third-order valence-electron chi connectivity index (χ3n) is 1.97. The molecule has 2 nitrogen and oxygen atoms in total. The molecule has 3 heteroatoms. The van der Waals surface area contributed by atoms with Gasteiger partial charge < -0.3 is 9.84 Å². The quantitative estimate of drug-likeness (QED) is 0.711. The average molecular weight is 185 g/mol. The van der Waals surface area contributed by atoms with E-state index in [1.807, 2.05) is 24.3 Å². The van der Waals surface area contributed by atoms with Gasteiger partial charge in [0.05, 0.1) is 6.61 Å². The Morgan fingerprint density at radius 1 is 1.42 bits per heavy atom. The lowest BCUT2D eigenvalue weighted by molar-refractivity contribution is 0.242. The lowest BCUT2D eigenvalue weighted by Gasteiger charge is -1.97. The highest BCUT2D eigenvalue weighted by Crippen LogP contribution is 2.41. The number of epoxide rings is 1. The van der Waals surface area contributed by atoms with Crippen molar-refractivity contribution in [1.29, 1.82) is 0 Å². The summed E-state index contributed by atoms with van der Waals surface area (Å²) in [6.45, 7) is 0.0654. The monoisotopic (exact) mass is 184 g/mol. The van der Waals surface area contributed by atoms with Crippen LogP contribution in [-0.4, -0.2) is 17.8 Å². The first kappa shape index (κ1) is 8.05. The molecule has 2 atom stereocenters. The van der Waals surface area contributed by atoms with E-state index in [0.717, 1.165) is 5.56 Å². The van der Waals surface area contributed by atoms with E-state index in [0.29, 0.717) is 5.02 Å². The molecule has 1 aliphatic rings. The van der Waals surface area contributed by atoms with Gasteiger partial charge in [0.2, 0.25) is 0 Å². The highest BCUT2D eigenvalue weighted by atomic mass is 35.5. The molecule has 2 unspecified atom stereocenters. The van der Waals surface area contributed by atoms with Crippen molar-refractivity contribution >= 4 is 11.6 Å². The first-order valence-electron chi connectivity index (χ1n) is 3.83. The zero-order chi connectivity index (χ0) is 8.55. The van der Waals surface area contributed by atoms with E-state index in [1.54, 1.807) is 0 Å². The Hall–Kier alpha value is -0.570. The van der Waals surface area contributed by atoms with Crippen molar-refractivity contribution in [3.8, 4) is 0 Å². The molecule has 1 aromatic rings.